The number of carbonyl (C=O) groups is 7. The first-order chi connectivity index (χ1) is 26.7. The highest BCUT2D eigenvalue weighted by molar-refractivity contribution is 5.97. The Labute approximate surface area is 336 Å². The van der Waals surface area contributed by atoms with Crippen molar-refractivity contribution in [1.82, 2.24) is 29.8 Å². The molecule has 1 aliphatic carbocycles. The van der Waals surface area contributed by atoms with E-state index in [9.17, 15) is 38.7 Å². The van der Waals surface area contributed by atoms with E-state index in [0.717, 1.165) is 32.1 Å². The Kier molecular flexibility index (Phi) is 16.2. The topological polar surface area (TPSA) is 177 Å². The Morgan fingerprint density at radius 1 is 0.667 bits per heavy atom. The highest BCUT2D eigenvalue weighted by Crippen LogP contribution is 2.44. The molecule has 2 aromatic rings. The van der Waals surface area contributed by atoms with Crippen LogP contribution in [0, 0.1) is 11.8 Å². The molecule has 0 bridgehead atoms. The molecular formula is C42H60N6O9. The molecule has 0 aromatic heterocycles. The van der Waals surface area contributed by atoms with Gasteiger partial charge in [-0.3, -0.25) is 28.8 Å². The molecule has 3 rings (SSSR count). The van der Waals surface area contributed by atoms with E-state index in [4.69, 9.17) is 4.74 Å². The summed E-state index contributed by atoms with van der Waals surface area (Å²) < 4.78 is 5.78. The third-order valence-electron chi connectivity index (χ3n) is 10.8. The maximum Gasteiger partial charge on any atom is 0.407 e. The normalized spacial score (nSPS) is 14.5. The number of carboxylic acid groups (broad SMARTS) is 1. The van der Waals surface area contributed by atoms with Crippen molar-refractivity contribution in [3.8, 4) is 11.1 Å². The molecule has 1 aliphatic rings. The number of aliphatic carboxylic acids is 1. The summed E-state index contributed by atoms with van der Waals surface area (Å²) in [4.78, 5) is 99.7. The first-order valence-electron chi connectivity index (χ1n) is 19.3. The molecule has 0 radical (unpaired) electrons. The molecule has 0 heterocycles. The number of nitrogens with zero attached hydrogens (tertiary/aromatic N) is 5. The van der Waals surface area contributed by atoms with Gasteiger partial charge in [0.15, 0.2) is 0 Å². The van der Waals surface area contributed by atoms with E-state index in [2.05, 4.69) is 5.32 Å². The molecule has 0 unspecified atom stereocenters. The van der Waals surface area contributed by atoms with E-state index in [-0.39, 0.29) is 30.8 Å². The summed E-state index contributed by atoms with van der Waals surface area (Å²) >= 11 is 0. The van der Waals surface area contributed by atoms with Crippen LogP contribution in [0.1, 0.15) is 70.4 Å². The van der Waals surface area contributed by atoms with E-state index in [0.29, 0.717) is 6.42 Å². The number of alkyl carbamates (subject to hydrolysis) is 1. The summed E-state index contributed by atoms with van der Waals surface area (Å²) in [5.41, 5.74) is 4.24. The number of carbonyl (C=O) groups excluding carboxylic acids is 6. The van der Waals surface area contributed by atoms with Crippen molar-refractivity contribution < 1.29 is 43.4 Å². The zero-order chi connectivity index (χ0) is 42.9. The Balaban J connectivity index is 1.85. The number of benzene rings is 2. The number of nitrogens with one attached hydrogen (secondary N) is 1. The minimum absolute atomic E-state index is 0.0476. The Bertz CT molecular complexity index is 1750. The standard InChI is InChI=1S/C42H60N6O9/c1-12-26(4)37(43-42(56)57-24-31-29-19-15-13-17-27(29)28-18-14-16-20-30(28)31)41(55)48(11)32(21-25(2)3)40(54)47(10)33(38(52)44(5)6)22-35(49)46(9)34(23-36(50)51)39(53)45(7)8/h13-20,25-26,31-34,37H,12,21-24H2,1-11H3,(H,43,56)(H,50,51)/t26-,32-,33-,34-,37-/m0/s1. The van der Waals surface area contributed by atoms with Crippen LogP contribution in [0.2, 0.25) is 0 Å². The van der Waals surface area contributed by atoms with Gasteiger partial charge in [-0.1, -0.05) is 82.6 Å². The monoisotopic (exact) mass is 792 g/mol. The van der Waals surface area contributed by atoms with E-state index in [1.165, 1.54) is 64.0 Å². The fraction of sp³-hybridized carbons (Fsp3) is 0.548. The SMILES string of the molecule is CC[C@H](C)[C@H](NC(=O)OCC1c2ccccc2-c2ccccc21)C(=O)N(C)[C@@H](CC(C)C)C(=O)N(C)[C@@H](CC(=O)N(C)[C@@H](CC(=O)O)C(=O)N(C)C)C(=O)N(C)C. The van der Waals surface area contributed by atoms with Crippen molar-refractivity contribution in [2.45, 2.75) is 83.5 Å². The van der Waals surface area contributed by atoms with Gasteiger partial charge in [0, 0.05) is 55.3 Å². The van der Waals surface area contributed by atoms with Gasteiger partial charge in [0.05, 0.1) is 12.8 Å². The van der Waals surface area contributed by atoms with Crippen LogP contribution in [0.4, 0.5) is 4.79 Å². The van der Waals surface area contributed by atoms with E-state index in [1.54, 1.807) is 0 Å². The average molecular weight is 793 g/mol. The van der Waals surface area contributed by atoms with Crippen LogP contribution in [0.25, 0.3) is 11.1 Å². The Morgan fingerprint density at radius 2 is 1.14 bits per heavy atom. The molecule has 0 saturated heterocycles. The van der Waals surface area contributed by atoms with Gasteiger partial charge in [-0.25, -0.2) is 4.79 Å². The molecule has 312 valence electrons. The molecule has 0 spiro atoms. The first kappa shape index (κ1) is 45.9. The molecule has 6 amide bonds. The van der Waals surface area contributed by atoms with Crippen molar-refractivity contribution >= 4 is 41.6 Å². The lowest BCUT2D eigenvalue weighted by Crippen LogP contribution is -2.59. The van der Waals surface area contributed by atoms with Crippen molar-refractivity contribution in [3.63, 3.8) is 0 Å². The minimum Gasteiger partial charge on any atom is -0.481 e. The highest BCUT2D eigenvalue weighted by atomic mass is 16.5. The second-order valence-corrected chi connectivity index (χ2v) is 15.7. The molecular weight excluding hydrogens is 732 g/mol. The summed E-state index contributed by atoms with van der Waals surface area (Å²) in [6, 6.07) is 11.1. The number of hydrogen-bond acceptors (Lipinski definition) is 8. The van der Waals surface area contributed by atoms with Crippen molar-refractivity contribution in [1.29, 1.82) is 0 Å². The third kappa shape index (κ3) is 11.1. The number of likely N-dealkylation sites (N-methyl/N-ethyl adjacent to an activating group) is 5. The molecule has 15 nitrogen and oxygen atoms in total. The number of hydrogen-bond donors (Lipinski definition) is 2. The fourth-order valence-electron chi connectivity index (χ4n) is 7.11. The number of amides is 6. The van der Waals surface area contributed by atoms with Crippen LogP contribution in [0.15, 0.2) is 48.5 Å². The second kappa shape index (κ2) is 20.1. The molecule has 5 atom stereocenters. The Hall–Kier alpha value is -5.47. The number of fused-ring (bicyclic) bond motifs is 3. The summed E-state index contributed by atoms with van der Waals surface area (Å²) in [5.74, 6) is -5.02. The summed E-state index contributed by atoms with van der Waals surface area (Å²) in [7, 11) is 9.94. The van der Waals surface area contributed by atoms with Crippen molar-refractivity contribution in [2.24, 2.45) is 11.8 Å². The number of carboxylic acids is 1. The number of ether oxygens (including phenoxy) is 1. The van der Waals surface area contributed by atoms with Gasteiger partial charge in [-0.2, -0.15) is 0 Å². The lowest BCUT2D eigenvalue weighted by molar-refractivity contribution is -0.154. The maximum absolute atomic E-state index is 14.4. The van der Waals surface area contributed by atoms with Gasteiger partial charge in [0.1, 0.15) is 30.8 Å². The van der Waals surface area contributed by atoms with E-state index in [1.807, 2.05) is 76.2 Å². The zero-order valence-corrected chi connectivity index (χ0v) is 35.1. The minimum atomic E-state index is -1.36. The van der Waals surface area contributed by atoms with Crippen LogP contribution in [0.5, 0.6) is 0 Å². The van der Waals surface area contributed by atoms with Gasteiger partial charge in [-0.05, 0) is 40.5 Å². The predicted octanol–water partition coefficient (Wildman–Crippen LogP) is 3.51. The first-order valence-corrected chi connectivity index (χ1v) is 19.3. The van der Waals surface area contributed by atoms with Gasteiger partial charge in [0.2, 0.25) is 29.5 Å². The van der Waals surface area contributed by atoms with Crippen molar-refractivity contribution in [2.75, 3.05) is 55.9 Å². The van der Waals surface area contributed by atoms with Crippen LogP contribution >= 0.6 is 0 Å². The number of rotatable bonds is 18. The van der Waals surface area contributed by atoms with Gasteiger partial charge in [-0.15, -0.1) is 0 Å². The maximum atomic E-state index is 14.4. The van der Waals surface area contributed by atoms with Crippen LogP contribution in [-0.2, 0) is 33.5 Å². The zero-order valence-electron chi connectivity index (χ0n) is 35.1. The van der Waals surface area contributed by atoms with Crippen LogP contribution < -0.4 is 5.32 Å². The quantitative estimate of drug-likeness (QED) is 0.229. The molecule has 0 saturated carbocycles. The largest absolute Gasteiger partial charge is 0.481 e. The molecule has 15 heteroatoms. The average Bonchev–Trinajstić information content (AvgIpc) is 3.50. The third-order valence-corrected chi connectivity index (χ3v) is 10.8. The summed E-state index contributed by atoms with van der Waals surface area (Å²) in [5, 5.41) is 12.2. The van der Waals surface area contributed by atoms with E-state index < -0.39 is 78.6 Å². The van der Waals surface area contributed by atoms with Gasteiger partial charge in [0.25, 0.3) is 0 Å². The Morgan fingerprint density at radius 3 is 1.60 bits per heavy atom. The summed E-state index contributed by atoms with van der Waals surface area (Å²) in [6.07, 6.45) is -1.29. The lowest BCUT2D eigenvalue weighted by atomic mass is 9.95. The predicted molar refractivity (Wildman–Crippen MR) is 215 cm³/mol. The fourth-order valence-corrected chi connectivity index (χ4v) is 7.11. The molecule has 0 fully saturated rings. The molecule has 2 N–H and O–H groups in total. The molecule has 2 aromatic carbocycles. The van der Waals surface area contributed by atoms with Gasteiger partial charge < -0.3 is 39.7 Å². The highest BCUT2D eigenvalue weighted by Gasteiger charge is 2.41. The second-order valence-electron chi connectivity index (χ2n) is 15.7. The van der Waals surface area contributed by atoms with Gasteiger partial charge >= 0.3 is 12.1 Å². The van der Waals surface area contributed by atoms with Crippen LogP contribution in [-0.4, -0.2) is 151 Å². The van der Waals surface area contributed by atoms with Crippen molar-refractivity contribution in [3.05, 3.63) is 59.7 Å². The molecule has 0 aliphatic heterocycles. The summed E-state index contributed by atoms with van der Waals surface area (Å²) in [6.45, 7) is 7.51. The lowest BCUT2D eigenvalue weighted by Gasteiger charge is -2.38. The van der Waals surface area contributed by atoms with E-state index >= 15 is 0 Å². The smallest absolute Gasteiger partial charge is 0.407 e. The van der Waals surface area contributed by atoms with Crippen LogP contribution in [0.3, 0.4) is 0 Å². The molecule has 57 heavy (non-hydrogen) atoms.